The molecule has 1 aromatic rings. The quantitative estimate of drug-likeness (QED) is 0.900. The van der Waals surface area contributed by atoms with Gasteiger partial charge in [0.15, 0.2) is 0 Å². The average molecular weight is 256 g/mol. The van der Waals surface area contributed by atoms with Crippen LogP contribution in [0.15, 0.2) is 18.2 Å². The molecule has 1 aliphatic rings. The second kappa shape index (κ2) is 4.55. The highest BCUT2D eigenvalue weighted by Gasteiger charge is 2.48. The van der Waals surface area contributed by atoms with E-state index in [1.54, 1.807) is 0 Å². The third-order valence-electron chi connectivity index (χ3n) is 3.63. The van der Waals surface area contributed by atoms with E-state index in [1.165, 1.54) is 25.3 Å². The van der Waals surface area contributed by atoms with Gasteiger partial charge in [0.05, 0.1) is 12.5 Å². The Labute approximate surface area is 103 Å². The largest absolute Gasteiger partial charge is 0.497 e. The van der Waals surface area contributed by atoms with Crippen LogP contribution in [0.1, 0.15) is 36.8 Å². The lowest BCUT2D eigenvalue weighted by Crippen LogP contribution is -2.43. The normalized spacial score (nSPS) is 17.3. The van der Waals surface area contributed by atoms with Crippen LogP contribution in [0.2, 0.25) is 0 Å². The molecule has 0 aromatic heterocycles. The van der Waals surface area contributed by atoms with Gasteiger partial charge in [-0.3, -0.25) is 4.79 Å². The number of hydrogen-bond acceptors (Lipinski definition) is 2. The molecular formula is C13H14F2O3. The van der Waals surface area contributed by atoms with E-state index in [0.29, 0.717) is 18.6 Å². The molecule has 0 unspecified atom stereocenters. The number of methoxy groups -OCH3 is 1. The number of hydrogen-bond donors (Lipinski definition) is 1. The van der Waals surface area contributed by atoms with Gasteiger partial charge in [0, 0.05) is 5.56 Å². The second-order valence-electron chi connectivity index (χ2n) is 4.49. The Morgan fingerprint density at radius 2 is 2.11 bits per heavy atom. The summed E-state index contributed by atoms with van der Waals surface area (Å²) in [5, 5.41) is 9.32. The molecule has 5 heteroatoms. The number of aliphatic carboxylic acids is 1. The number of carboxylic acid groups (broad SMARTS) is 1. The van der Waals surface area contributed by atoms with Crippen molar-refractivity contribution in [2.24, 2.45) is 0 Å². The molecule has 1 aliphatic carbocycles. The van der Waals surface area contributed by atoms with Crippen LogP contribution in [0.25, 0.3) is 0 Å². The second-order valence-corrected chi connectivity index (χ2v) is 4.49. The summed E-state index contributed by atoms with van der Waals surface area (Å²) in [5.41, 5.74) is -1.19. The number of rotatable bonds is 4. The Kier molecular flexibility index (Phi) is 3.24. The van der Waals surface area contributed by atoms with Gasteiger partial charge in [0.1, 0.15) is 5.75 Å². The maximum absolute atomic E-state index is 13.0. The third kappa shape index (κ3) is 1.83. The zero-order valence-electron chi connectivity index (χ0n) is 9.95. The van der Waals surface area contributed by atoms with Crippen molar-refractivity contribution in [1.29, 1.82) is 0 Å². The Morgan fingerprint density at radius 1 is 1.44 bits per heavy atom. The van der Waals surface area contributed by atoms with Crippen LogP contribution in [-0.2, 0) is 10.2 Å². The van der Waals surface area contributed by atoms with Gasteiger partial charge in [-0.25, -0.2) is 8.78 Å². The van der Waals surface area contributed by atoms with E-state index in [0.717, 1.165) is 6.42 Å². The van der Waals surface area contributed by atoms with Crippen LogP contribution in [0.3, 0.4) is 0 Å². The van der Waals surface area contributed by atoms with Crippen molar-refractivity contribution in [2.75, 3.05) is 7.11 Å². The molecule has 98 valence electrons. The summed E-state index contributed by atoms with van der Waals surface area (Å²) in [7, 11) is 1.43. The predicted molar refractivity (Wildman–Crippen MR) is 61.1 cm³/mol. The maximum Gasteiger partial charge on any atom is 0.314 e. The van der Waals surface area contributed by atoms with Crippen molar-refractivity contribution in [1.82, 2.24) is 0 Å². The minimum absolute atomic E-state index is 0.190. The van der Waals surface area contributed by atoms with Crippen molar-refractivity contribution >= 4 is 5.97 Å². The number of halogens is 2. The lowest BCUT2D eigenvalue weighted by Gasteiger charge is -2.39. The molecular weight excluding hydrogens is 242 g/mol. The Morgan fingerprint density at radius 3 is 2.50 bits per heavy atom. The highest BCUT2D eigenvalue weighted by Crippen LogP contribution is 2.47. The van der Waals surface area contributed by atoms with Crippen LogP contribution >= 0.6 is 0 Å². The van der Waals surface area contributed by atoms with Crippen LogP contribution in [0.4, 0.5) is 8.78 Å². The van der Waals surface area contributed by atoms with Gasteiger partial charge < -0.3 is 9.84 Å². The molecule has 0 spiro atoms. The third-order valence-corrected chi connectivity index (χ3v) is 3.63. The molecule has 0 atom stereocenters. The number of benzene rings is 1. The smallest absolute Gasteiger partial charge is 0.314 e. The SMILES string of the molecule is COc1ccc(C(F)F)c(C2(C(=O)O)CCC2)c1. The fourth-order valence-corrected chi connectivity index (χ4v) is 2.40. The number of alkyl halides is 2. The molecule has 0 heterocycles. The molecule has 18 heavy (non-hydrogen) atoms. The number of ether oxygens (including phenoxy) is 1. The molecule has 2 rings (SSSR count). The standard InChI is InChI=1S/C13H14F2O3/c1-18-8-3-4-9(11(14)15)10(7-8)13(12(16)17)5-2-6-13/h3-4,7,11H,2,5-6H2,1H3,(H,16,17). The van der Waals surface area contributed by atoms with E-state index in [2.05, 4.69) is 0 Å². The Bertz CT molecular complexity index is 467. The Balaban J connectivity index is 2.56. The summed E-state index contributed by atoms with van der Waals surface area (Å²) >= 11 is 0. The minimum atomic E-state index is -2.68. The number of carboxylic acids is 1. The highest BCUT2D eigenvalue weighted by molar-refractivity contribution is 5.83. The summed E-state index contributed by atoms with van der Waals surface area (Å²) in [4.78, 5) is 11.4. The Hall–Kier alpha value is -1.65. The van der Waals surface area contributed by atoms with E-state index in [1.807, 2.05) is 0 Å². The molecule has 0 radical (unpaired) electrons. The molecule has 1 N–H and O–H groups in total. The lowest BCUT2D eigenvalue weighted by atomic mass is 9.63. The summed E-state index contributed by atoms with van der Waals surface area (Å²) in [6, 6.07) is 4.11. The van der Waals surface area contributed by atoms with Crippen molar-refractivity contribution in [3.63, 3.8) is 0 Å². The molecule has 0 amide bonds. The van der Waals surface area contributed by atoms with E-state index in [4.69, 9.17) is 4.74 Å². The predicted octanol–water partition coefficient (Wildman–Crippen LogP) is 3.14. The first-order valence-electron chi connectivity index (χ1n) is 5.71. The number of carbonyl (C=O) groups is 1. The summed E-state index contributed by atoms with van der Waals surface area (Å²) in [6.07, 6.45) is -1.14. The molecule has 1 saturated carbocycles. The first-order valence-corrected chi connectivity index (χ1v) is 5.71. The molecule has 0 bridgehead atoms. The molecule has 0 aliphatic heterocycles. The van der Waals surface area contributed by atoms with E-state index < -0.39 is 17.8 Å². The van der Waals surface area contributed by atoms with Gasteiger partial charge in [0.25, 0.3) is 6.43 Å². The topological polar surface area (TPSA) is 46.5 Å². The van der Waals surface area contributed by atoms with E-state index in [-0.39, 0.29) is 11.1 Å². The van der Waals surface area contributed by atoms with Crippen molar-refractivity contribution < 1.29 is 23.4 Å². The monoisotopic (exact) mass is 256 g/mol. The van der Waals surface area contributed by atoms with Crippen LogP contribution in [-0.4, -0.2) is 18.2 Å². The molecule has 3 nitrogen and oxygen atoms in total. The lowest BCUT2D eigenvalue weighted by molar-refractivity contribution is -0.147. The van der Waals surface area contributed by atoms with Crippen molar-refractivity contribution in [3.8, 4) is 5.75 Å². The highest BCUT2D eigenvalue weighted by atomic mass is 19.3. The van der Waals surface area contributed by atoms with Gasteiger partial charge >= 0.3 is 5.97 Å². The summed E-state index contributed by atoms with van der Waals surface area (Å²) in [6.45, 7) is 0. The first-order chi connectivity index (χ1) is 8.51. The first kappa shape index (κ1) is 12.8. The van der Waals surface area contributed by atoms with Crippen LogP contribution in [0.5, 0.6) is 5.75 Å². The van der Waals surface area contributed by atoms with Crippen LogP contribution < -0.4 is 4.74 Å². The minimum Gasteiger partial charge on any atom is -0.497 e. The molecule has 1 fully saturated rings. The summed E-state index contributed by atoms with van der Waals surface area (Å²) < 4.78 is 31.0. The summed E-state index contributed by atoms with van der Waals surface area (Å²) in [5.74, 6) is -0.633. The van der Waals surface area contributed by atoms with E-state index >= 15 is 0 Å². The van der Waals surface area contributed by atoms with Gasteiger partial charge in [0.2, 0.25) is 0 Å². The zero-order valence-corrected chi connectivity index (χ0v) is 9.95. The molecule has 0 saturated heterocycles. The van der Waals surface area contributed by atoms with Crippen LogP contribution in [0, 0.1) is 0 Å². The van der Waals surface area contributed by atoms with Gasteiger partial charge in [-0.2, -0.15) is 0 Å². The van der Waals surface area contributed by atoms with Crippen molar-refractivity contribution in [2.45, 2.75) is 31.1 Å². The van der Waals surface area contributed by atoms with Gasteiger partial charge in [-0.1, -0.05) is 6.42 Å². The fourth-order valence-electron chi connectivity index (χ4n) is 2.40. The van der Waals surface area contributed by atoms with E-state index in [9.17, 15) is 18.7 Å². The average Bonchev–Trinajstić information content (AvgIpc) is 2.26. The zero-order chi connectivity index (χ0) is 13.3. The fraction of sp³-hybridized carbons (Fsp3) is 0.462. The van der Waals surface area contributed by atoms with Crippen molar-refractivity contribution in [3.05, 3.63) is 29.3 Å². The van der Waals surface area contributed by atoms with Gasteiger partial charge in [-0.15, -0.1) is 0 Å². The van der Waals surface area contributed by atoms with Gasteiger partial charge in [-0.05, 0) is 36.6 Å². The maximum atomic E-state index is 13.0. The molecule has 1 aromatic carbocycles.